The molecule has 0 saturated heterocycles. The highest BCUT2D eigenvalue weighted by Crippen LogP contribution is 2.53. The summed E-state index contributed by atoms with van der Waals surface area (Å²) in [5.74, 6) is 3.90. The summed E-state index contributed by atoms with van der Waals surface area (Å²) in [5.41, 5.74) is 0.0364. The first-order chi connectivity index (χ1) is 22.0. The zero-order chi connectivity index (χ0) is 32.1. The molecule has 0 saturated carbocycles. The fourth-order valence-electron chi connectivity index (χ4n) is 5.85. The van der Waals surface area contributed by atoms with E-state index in [0.29, 0.717) is 26.4 Å². The summed E-state index contributed by atoms with van der Waals surface area (Å²) in [5, 5.41) is 5.12. The number of ether oxygens (including phenoxy) is 4. The van der Waals surface area contributed by atoms with Crippen LogP contribution in [0.5, 0.6) is 23.0 Å². The molecule has 4 aromatic carbocycles. The molecular weight excluding hydrogens is 594 g/mol. The van der Waals surface area contributed by atoms with E-state index in [4.69, 9.17) is 18.9 Å². The van der Waals surface area contributed by atoms with Gasteiger partial charge in [0.15, 0.2) is 0 Å². The molecule has 0 amide bonds. The average molecular weight is 645 g/mol. The Hall–Kier alpha value is -3.06. The van der Waals surface area contributed by atoms with Gasteiger partial charge in [0.25, 0.3) is 0 Å². The number of benzene rings is 4. The second-order valence-corrected chi connectivity index (χ2v) is 15.3. The maximum Gasteiger partial charge on any atom is 0.127 e. The van der Waals surface area contributed by atoms with Crippen molar-refractivity contribution in [2.24, 2.45) is 5.41 Å². The van der Waals surface area contributed by atoms with E-state index in [0.717, 1.165) is 48.2 Å². The maximum atomic E-state index is 6.27. The van der Waals surface area contributed by atoms with Crippen molar-refractivity contribution in [2.75, 3.05) is 38.8 Å². The minimum Gasteiger partial charge on any atom is -0.493 e. The molecule has 0 bridgehead atoms. The van der Waals surface area contributed by atoms with Gasteiger partial charge in [-0.2, -0.15) is 0 Å². The summed E-state index contributed by atoms with van der Waals surface area (Å²) in [6, 6.07) is 34.5. The van der Waals surface area contributed by atoms with Crippen LogP contribution in [0.25, 0.3) is 0 Å². The van der Waals surface area contributed by atoms with Crippen molar-refractivity contribution < 1.29 is 18.9 Å². The van der Waals surface area contributed by atoms with Crippen LogP contribution < -0.4 is 40.2 Å². The summed E-state index contributed by atoms with van der Waals surface area (Å²) in [6.07, 6.45) is 4.16. The van der Waals surface area contributed by atoms with E-state index in [-0.39, 0.29) is 5.41 Å². The average Bonchev–Trinajstić information content (AvgIpc) is 3.07. The monoisotopic (exact) mass is 644 g/mol. The van der Waals surface area contributed by atoms with Gasteiger partial charge in [0, 0.05) is 21.2 Å². The molecule has 0 aromatic heterocycles. The molecule has 0 aliphatic carbocycles. The molecule has 0 aliphatic heterocycles. The van der Waals surface area contributed by atoms with Gasteiger partial charge in [0.05, 0.1) is 26.4 Å². The first kappa shape index (κ1) is 34.8. The number of hydrogen-bond acceptors (Lipinski definition) is 4. The first-order valence-electron chi connectivity index (χ1n) is 16.5. The molecule has 4 aromatic rings. The molecule has 0 unspecified atom stereocenters. The van der Waals surface area contributed by atoms with Gasteiger partial charge in [-0.05, 0) is 98.4 Å². The van der Waals surface area contributed by atoms with Crippen molar-refractivity contribution in [3.8, 4) is 23.0 Å². The molecule has 4 rings (SSSR count). The Morgan fingerprint density at radius 3 is 0.867 bits per heavy atom. The maximum absolute atomic E-state index is 6.27. The highest BCUT2D eigenvalue weighted by Gasteiger charge is 2.37. The Labute approximate surface area is 274 Å². The van der Waals surface area contributed by atoms with Crippen LogP contribution in [0, 0.1) is 5.41 Å². The van der Waals surface area contributed by atoms with Gasteiger partial charge in [-0.25, -0.2) is 0 Å². The molecule has 0 N–H and O–H groups in total. The molecular formula is C39H50O4P2. The summed E-state index contributed by atoms with van der Waals surface area (Å²) in [7, 11) is -1.63. The van der Waals surface area contributed by atoms with Crippen LogP contribution in [-0.2, 0) is 0 Å². The third kappa shape index (κ3) is 8.60. The van der Waals surface area contributed by atoms with Gasteiger partial charge in [-0.15, -0.1) is 0 Å². The standard InChI is InChI=1S/C39H50O4P2/c1-7-39(8-2,29-44(35-25-17-13-21-31(35)40-9-3)36-26-18-14-22-32(36)41-10-4)30-45(37-27-19-15-23-33(37)42-11-5)38-28-20-16-24-34(38)43-12-6/h13-28H,7-12,29-30H2,1-6H3. The van der Waals surface area contributed by atoms with Gasteiger partial charge in [0.1, 0.15) is 23.0 Å². The van der Waals surface area contributed by atoms with Crippen LogP contribution in [0.15, 0.2) is 97.1 Å². The molecule has 0 heterocycles. The molecule has 6 heteroatoms. The molecule has 0 radical (unpaired) electrons. The summed E-state index contributed by atoms with van der Waals surface area (Å²) in [6.45, 7) is 15.5. The third-order valence-corrected chi connectivity index (χ3v) is 14.1. The summed E-state index contributed by atoms with van der Waals surface area (Å²) < 4.78 is 25.1. The van der Waals surface area contributed by atoms with Crippen LogP contribution in [0.3, 0.4) is 0 Å². The second kappa shape index (κ2) is 17.6. The van der Waals surface area contributed by atoms with Crippen molar-refractivity contribution in [2.45, 2.75) is 54.4 Å². The zero-order valence-corrected chi connectivity index (χ0v) is 29.7. The van der Waals surface area contributed by atoms with Crippen LogP contribution >= 0.6 is 15.8 Å². The Kier molecular flexibility index (Phi) is 13.6. The Morgan fingerprint density at radius 1 is 0.400 bits per heavy atom. The van der Waals surface area contributed by atoms with Crippen LogP contribution in [0.4, 0.5) is 0 Å². The molecule has 0 spiro atoms. The van der Waals surface area contributed by atoms with Gasteiger partial charge in [-0.3, -0.25) is 0 Å². The normalized spacial score (nSPS) is 11.6. The lowest BCUT2D eigenvalue weighted by Crippen LogP contribution is -2.34. The smallest absolute Gasteiger partial charge is 0.127 e. The Bertz CT molecular complexity index is 1260. The fraction of sp³-hybridized carbons (Fsp3) is 0.385. The highest BCUT2D eigenvalue weighted by atomic mass is 31.1. The second-order valence-electron chi connectivity index (χ2n) is 11.0. The van der Waals surface area contributed by atoms with Crippen molar-refractivity contribution >= 4 is 37.1 Å². The minimum absolute atomic E-state index is 0.0364. The zero-order valence-electron chi connectivity index (χ0n) is 27.9. The molecule has 240 valence electrons. The predicted octanol–water partition coefficient (Wildman–Crippen LogP) is 8.65. The van der Waals surface area contributed by atoms with E-state index < -0.39 is 15.8 Å². The number of para-hydroxylation sites is 4. The number of hydrogen-bond donors (Lipinski definition) is 0. The summed E-state index contributed by atoms with van der Waals surface area (Å²) >= 11 is 0. The van der Waals surface area contributed by atoms with Crippen LogP contribution in [0.2, 0.25) is 0 Å². The SMILES string of the molecule is CCOc1ccccc1P(CC(CC)(CC)CP(c1ccccc1OCC)c1ccccc1OCC)c1ccccc1OCC. The van der Waals surface area contributed by atoms with Gasteiger partial charge < -0.3 is 18.9 Å². The van der Waals surface area contributed by atoms with E-state index in [2.05, 4.69) is 139 Å². The molecule has 0 atom stereocenters. The van der Waals surface area contributed by atoms with Crippen molar-refractivity contribution in [1.29, 1.82) is 0 Å². The van der Waals surface area contributed by atoms with E-state index >= 15 is 0 Å². The third-order valence-electron chi connectivity index (χ3n) is 8.31. The molecule has 0 aliphatic rings. The fourth-order valence-corrected chi connectivity index (χ4v) is 12.4. The largest absolute Gasteiger partial charge is 0.493 e. The van der Waals surface area contributed by atoms with E-state index in [9.17, 15) is 0 Å². The van der Waals surface area contributed by atoms with Crippen LogP contribution in [-0.4, -0.2) is 38.8 Å². The Balaban J connectivity index is 1.90. The van der Waals surface area contributed by atoms with Gasteiger partial charge in [0.2, 0.25) is 0 Å². The van der Waals surface area contributed by atoms with Crippen molar-refractivity contribution in [3.63, 3.8) is 0 Å². The highest BCUT2D eigenvalue weighted by molar-refractivity contribution is 7.74. The van der Waals surface area contributed by atoms with E-state index in [1.807, 2.05) is 0 Å². The molecule has 4 nitrogen and oxygen atoms in total. The van der Waals surface area contributed by atoms with Crippen molar-refractivity contribution in [1.82, 2.24) is 0 Å². The predicted molar refractivity (Wildman–Crippen MR) is 196 cm³/mol. The topological polar surface area (TPSA) is 36.9 Å². The van der Waals surface area contributed by atoms with Gasteiger partial charge >= 0.3 is 0 Å². The van der Waals surface area contributed by atoms with E-state index in [1.165, 1.54) is 21.2 Å². The lowest BCUT2D eigenvalue weighted by atomic mass is 9.87. The molecule has 45 heavy (non-hydrogen) atoms. The lowest BCUT2D eigenvalue weighted by molar-refractivity contribution is 0.340. The quantitative estimate of drug-likeness (QED) is 0.102. The van der Waals surface area contributed by atoms with E-state index in [1.54, 1.807) is 0 Å². The Morgan fingerprint density at radius 2 is 0.644 bits per heavy atom. The van der Waals surface area contributed by atoms with Gasteiger partial charge in [-0.1, -0.05) is 86.6 Å². The number of rotatable bonds is 18. The lowest BCUT2D eigenvalue weighted by Gasteiger charge is -2.40. The minimum atomic E-state index is -0.814. The van der Waals surface area contributed by atoms with Crippen molar-refractivity contribution in [3.05, 3.63) is 97.1 Å². The van der Waals surface area contributed by atoms with Crippen LogP contribution in [0.1, 0.15) is 54.4 Å². The molecule has 0 fully saturated rings. The first-order valence-corrected chi connectivity index (χ1v) is 19.5. The summed E-state index contributed by atoms with van der Waals surface area (Å²) in [4.78, 5) is 0.